The van der Waals surface area contributed by atoms with Crippen LogP contribution in [0, 0.1) is 20.8 Å². The highest BCUT2D eigenvalue weighted by Gasteiger charge is 2.37. The van der Waals surface area contributed by atoms with Crippen molar-refractivity contribution in [2.45, 2.75) is 36.7 Å². The van der Waals surface area contributed by atoms with E-state index in [0.717, 1.165) is 0 Å². The first-order chi connectivity index (χ1) is 17.1. The van der Waals surface area contributed by atoms with Crippen molar-refractivity contribution in [2.75, 3.05) is 5.32 Å². The van der Waals surface area contributed by atoms with Crippen LogP contribution in [0.2, 0.25) is 0 Å². The van der Waals surface area contributed by atoms with Crippen LogP contribution in [-0.2, 0) is 10.1 Å². The number of para-hydroxylation sites is 2. The minimum absolute atomic E-state index is 0.0790. The fraction of sp³-hybridized carbons (Fsp3) is 0.240. The summed E-state index contributed by atoms with van der Waals surface area (Å²) < 4.78 is 60.5. The number of nitrogens with zero attached hydrogens (tertiary/aromatic N) is 1. The van der Waals surface area contributed by atoms with E-state index < -0.39 is 19.9 Å². The standard InChI is InChI=1S/C23H22N2.CHCl3.CHF3O3S/c1-16-11-13-19(14-12-16)23-24-21-10-5-4-9-20(21)15-25(23)22-17(2)7-6-8-18(22)3;2-1(3)4;2-1(3,4)8(5,6)7/h4-15,23H,1-3H3;1H;(H,5,6,7)/t23-;;/m0../s1. The maximum atomic E-state index is 10.7. The molecular weight excluding hydrogens is 572 g/mol. The first-order valence-electron chi connectivity index (χ1n) is 10.7. The van der Waals surface area contributed by atoms with Gasteiger partial charge in [0.25, 0.3) is 6.17 Å². The Morgan fingerprint density at radius 3 is 1.86 bits per heavy atom. The number of alkyl halides is 6. The number of benzene rings is 3. The zero-order valence-corrected chi connectivity index (χ0v) is 23.0. The molecule has 3 aromatic rings. The second kappa shape index (κ2) is 13.0. The molecule has 0 saturated carbocycles. The SMILES string of the molecule is Cc1ccc([C@H]2Nc3ccccc3C=[N+]2c2c(C)cccc2C)cc1.ClC(Cl)Cl.O=S(=O)([O-])C(F)(F)F. The Morgan fingerprint density at radius 1 is 0.892 bits per heavy atom. The van der Waals surface area contributed by atoms with Crippen LogP contribution in [0.15, 0.2) is 66.7 Å². The predicted octanol–water partition coefficient (Wildman–Crippen LogP) is 7.54. The maximum Gasteiger partial charge on any atom is 0.485 e. The number of fused-ring (bicyclic) bond motifs is 1. The molecule has 5 nitrogen and oxygen atoms in total. The fourth-order valence-corrected chi connectivity index (χ4v) is 3.58. The van der Waals surface area contributed by atoms with Gasteiger partial charge in [0.2, 0.25) is 5.69 Å². The average molecular weight is 596 g/mol. The van der Waals surface area contributed by atoms with Crippen LogP contribution in [0.4, 0.5) is 24.5 Å². The van der Waals surface area contributed by atoms with Crippen molar-refractivity contribution in [3.8, 4) is 0 Å². The van der Waals surface area contributed by atoms with Gasteiger partial charge in [-0.25, -0.2) is 8.42 Å². The summed E-state index contributed by atoms with van der Waals surface area (Å²) in [6.45, 7) is 6.49. The van der Waals surface area contributed by atoms with Gasteiger partial charge in [-0.3, -0.25) is 0 Å². The van der Waals surface area contributed by atoms with Gasteiger partial charge in [0, 0.05) is 16.7 Å². The molecule has 1 aliphatic heterocycles. The van der Waals surface area contributed by atoms with E-state index in [1.807, 2.05) is 0 Å². The van der Waals surface area contributed by atoms with Crippen molar-refractivity contribution in [3.63, 3.8) is 0 Å². The molecule has 0 saturated heterocycles. The average Bonchev–Trinajstić information content (AvgIpc) is 2.78. The molecule has 1 heterocycles. The summed E-state index contributed by atoms with van der Waals surface area (Å²) in [5.41, 5.74) is 3.14. The molecule has 200 valence electrons. The number of nitrogens with one attached hydrogen (secondary N) is 1. The Kier molecular flexibility index (Phi) is 10.8. The maximum absolute atomic E-state index is 10.7. The first-order valence-corrected chi connectivity index (χ1v) is 13.4. The first kappa shape index (κ1) is 30.9. The minimum Gasteiger partial charge on any atom is -0.741 e. The normalized spacial score (nSPS) is 14.8. The largest absolute Gasteiger partial charge is 0.741 e. The summed E-state index contributed by atoms with van der Waals surface area (Å²) in [6.07, 6.45) is 2.35. The number of anilines is 1. The monoisotopic (exact) mass is 594 g/mol. The summed E-state index contributed by atoms with van der Waals surface area (Å²) in [6, 6.07) is 23.8. The molecule has 37 heavy (non-hydrogen) atoms. The lowest BCUT2D eigenvalue weighted by molar-refractivity contribution is -0.480. The second-order valence-corrected chi connectivity index (χ2v) is 11.3. The summed E-state index contributed by atoms with van der Waals surface area (Å²) in [4.78, 5) is 0. The highest BCUT2D eigenvalue weighted by atomic mass is 35.6. The van der Waals surface area contributed by atoms with Gasteiger partial charge in [0.1, 0.15) is 0 Å². The van der Waals surface area contributed by atoms with Crippen molar-refractivity contribution >= 4 is 62.5 Å². The van der Waals surface area contributed by atoms with E-state index >= 15 is 0 Å². The number of hydrogen-bond donors (Lipinski definition) is 1. The Bertz CT molecular complexity index is 1320. The van der Waals surface area contributed by atoms with E-state index in [-0.39, 0.29) is 6.17 Å². The molecule has 1 atom stereocenters. The fourth-order valence-electron chi connectivity index (χ4n) is 3.58. The molecule has 12 heteroatoms. The van der Waals surface area contributed by atoms with Crippen LogP contribution in [0.25, 0.3) is 0 Å². The van der Waals surface area contributed by atoms with E-state index in [1.165, 1.54) is 39.2 Å². The highest BCUT2D eigenvalue weighted by Crippen LogP contribution is 2.35. The zero-order chi connectivity index (χ0) is 28.0. The lowest BCUT2D eigenvalue weighted by atomic mass is 10.0. The Hall–Kier alpha value is -2.30. The third-order valence-corrected chi connectivity index (χ3v) is 5.75. The van der Waals surface area contributed by atoms with Crippen molar-refractivity contribution < 1.29 is 30.7 Å². The van der Waals surface area contributed by atoms with Crippen LogP contribution in [0.5, 0.6) is 0 Å². The smallest absolute Gasteiger partial charge is 0.485 e. The van der Waals surface area contributed by atoms with E-state index in [1.54, 1.807) is 0 Å². The molecule has 1 N–H and O–H groups in total. The molecule has 0 spiro atoms. The summed E-state index contributed by atoms with van der Waals surface area (Å²) >= 11 is 14.4. The molecule has 4 rings (SSSR count). The Balaban J connectivity index is 0.000000338. The van der Waals surface area contributed by atoms with Gasteiger partial charge in [0.15, 0.2) is 20.6 Å². The van der Waals surface area contributed by atoms with Crippen molar-refractivity contribution in [1.82, 2.24) is 0 Å². The highest BCUT2D eigenvalue weighted by molar-refractivity contribution is 7.86. The van der Waals surface area contributed by atoms with Crippen LogP contribution in [-0.4, -0.2) is 33.6 Å². The van der Waals surface area contributed by atoms with Gasteiger partial charge in [-0.15, -0.1) is 0 Å². The number of halogens is 6. The van der Waals surface area contributed by atoms with Crippen LogP contribution >= 0.6 is 34.8 Å². The topological polar surface area (TPSA) is 72.2 Å². The predicted molar refractivity (Wildman–Crippen MR) is 142 cm³/mol. The molecule has 0 amide bonds. The van der Waals surface area contributed by atoms with Crippen LogP contribution < -0.4 is 5.32 Å². The molecule has 0 aromatic heterocycles. The third kappa shape index (κ3) is 8.90. The van der Waals surface area contributed by atoms with Crippen molar-refractivity contribution in [1.29, 1.82) is 0 Å². The van der Waals surface area contributed by atoms with Crippen LogP contribution in [0.1, 0.15) is 34.0 Å². The van der Waals surface area contributed by atoms with E-state index in [0.29, 0.717) is 0 Å². The van der Waals surface area contributed by atoms with Crippen molar-refractivity contribution in [3.05, 3.63) is 94.5 Å². The lowest BCUT2D eigenvalue weighted by Gasteiger charge is -2.25. The van der Waals surface area contributed by atoms with Gasteiger partial charge >= 0.3 is 5.51 Å². The molecule has 0 radical (unpaired) electrons. The van der Waals surface area contributed by atoms with E-state index in [9.17, 15) is 13.2 Å². The van der Waals surface area contributed by atoms with Gasteiger partial charge < -0.3 is 9.87 Å². The third-order valence-electron chi connectivity index (χ3n) is 5.18. The second-order valence-electron chi connectivity index (χ2n) is 7.97. The number of aryl methyl sites for hydroxylation is 3. The summed E-state index contributed by atoms with van der Waals surface area (Å²) in [5.74, 6) is 0. The molecule has 3 aromatic carbocycles. The Morgan fingerprint density at radius 2 is 1.38 bits per heavy atom. The van der Waals surface area contributed by atoms with Gasteiger partial charge in [-0.1, -0.05) is 95.0 Å². The quantitative estimate of drug-likeness (QED) is 0.144. The molecule has 0 aliphatic carbocycles. The van der Waals surface area contributed by atoms with Gasteiger partial charge in [0.05, 0.1) is 11.3 Å². The van der Waals surface area contributed by atoms with Gasteiger partial charge in [-0.05, 0) is 32.9 Å². The molecule has 0 bridgehead atoms. The van der Waals surface area contributed by atoms with Crippen molar-refractivity contribution in [2.24, 2.45) is 0 Å². The summed E-state index contributed by atoms with van der Waals surface area (Å²) in [7, 11) is -6.09. The number of rotatable bonds is 2. The lowest BCUT2D eigenvalue weighted by Crippen LogP contribution is -2.29. The Labute approximate surface area is 229 Å². The molecule has 1 aliphatic rings. The summed E-state index contributed by atoms with van der Waals surface area (Å²) in [5, 5.41) is 3.73. The molecule has 0 fully saturated rings. The van der Waals surface area contributed by atoms with Crippen LogP contribution in [0.3, 0.4) is 0 Å². The van der Waals surface area contributed by atoms with E-state index in [4.69, 9.17) is 47.8 Å². The number of hydrogen-bond acceptors (Lipinski definition) is 4. The van der Waals surface area contributed by atoms with Gasteiger partial charge in [-0.2, -0.15) is 17.7 Å². The molecular formula is C25H24Cl3F3N2O3S. The zero-order valence-electron chi connectivity index (χ0n) is 19.9. The molecule has 0 unspecified atom stereocenters. The minimum atomic E-state index is -6.09. The van der Waals surface area contributed by atoms with E-state index in [2.05, 4.69) is 104 Å².